The Hall–Kier alpha value is -4.50. The number of likely N-dealkylation sites (tertiary alicyclic amines) is 2. The van der Waals surface area contributed by atoms with Gasteiger partial charge in [0, 0.05) is 6.42 Å². The smallest absolute Gasteiger partial charge is 0.410 e. The van der Waals surface area contributed by atoms with Gasteiger partial charge in [-0.1, -0.05) is 48.0 Å². The summed E-state index contributed by atoms with van der Waals surface area (Å²) in [7, 11) is -2.16. The summed E-state index contributed by atoms with van der Waals surface area (Å²) in [6, 6.07) is 10.1. The van der Waals surface area contributed by atoms with Gasteiger partial charge in [0.05, 0.1) is 37.7 Å². The molecule has 0 spiro atoms. The van der Waals surface area contributed by atoms with Crippen LogP contribution in [0, 0.1) is 12.8 Å². The molecule has 2 amide bonds. The van der Waals surface area contributed by atoms with Crippen LogP contribution in [-0.2, 0) is 59.0 Å². The second kappa shape index (κ2) is 14.7. The van der Waals surface area contributed by atoms with Crippen molar-refractivity contribution < 1.29 is 55.5 Å². The van der Waals surface area contributed by atoms with Crippen LogP contribution in [0.2, 0.25) is 0 Å². The van der Waals surface area contributed by atoms with Crippen molar-refractivity contribution in [1.82, 2.24) is 9.80 Å². The van der Waals surface area contributed by atoms with Crippen LogP contribution in [0.5, 0.6) is 0 Å². The Morgan fingerprint density at radius 2 is 1.46 bits per heavy atom. The van der Waals surface area contributed by atoms with Gasteiger partial charge in [-0.3, -0.25) is 18.7 Å². The highest BCUT2D eigenvalue weighted by Gasteiger charge is 2.58. The van der Waals surface area contributed by atoms with Crippen LogP contribution in [0.1, 0.15) is 44.7 Å². The molecule has 4 rings (SSSR count). The number of methoxy groups -OCH3 is 2. The standard InChI is InChI=1S/C33H40N2O12S/c1-20-12-14-23(15-13-20)48(41,42)47-22-16-25(34(18-22)32(40)45-19-21-10-8-7-9-11-21)28(36)35-26(30(38)44-6)17-24(29(37)43-5)27(35)31(39)46-33(2,3)4/h7-15,22,24-27H,16-19H2,1-6H3/t22-,24+,25+,26+,27+/m1/s1. The van der Waals surface area contributed by atoms with Gasteiger partial charge in [-0.2, -0.15) is 8.42 Å². The Kier molecular flexibility index (Phi) is 11.1. The lowest BCUT2D eigenvalue weighted by Crippen LogP contribution is -2.57. The molecule has 0 unspecified atom stereocenters. The molecule has 48 heavy (non-hydrogen) atoms. The van der Waals surface area contributed by atoms with E-state index in [-0.39, 0.29) is 30.9 Å². The fourth-order valence-electron chi connectivity index (χ4n) is 5.74. The molecule has 2 fully saturated rings. The molecule has 5 atom stereocenters. The third-order valence-corrected chi connectivity index (χ3v) is 9.31. The zero-order valence-electron chi connectivity index (χ0n) is 27.6. The summed E-state index contributed by atoms with van der Waals surface area (Å²) in [5.41, 5.74) is 0.432. The molecule has 14 nitrogen and oxygen atoms in total. The summed E-state index contributed by atoms with van der Waals surface area (Å²) in [5, 5.41) is 0. The minimum absolute atomic E-state index is 0.128. The first-order valence-corrected chi connectivity index (χ1v) is 16.6. The number of nitrogens with zero attached hydrogens (tertiary/aromatic N) is 2. The van der Waals surface area contributed by atoms with E-state index >= 15 is 0 Å². The molecule has 15 heteroatoms. The molecule has 260 valence electrons. The number of hydrogen-bond donors (Lipinski definition) is 0. The first-order valence-electron chi connectivity index (χ1n) is 15.2. The van der Waals surface area contributed by atoms with Gasteiger partial charge in [-0.25, -0.2) is 14.4 Å². The summed E-state index contributed by atoms with van der Waals surface area (Å²) in [6.07, 6.45) is -2.87. The molecule has 0 radical (unpaired) electrons. The van der Waals surface area contributed by atoms with E-state index in [1.54, 1.807) is 70.2 Å². The topological polar surface area (TPSA) is 172 Å². The Labute approximate surface area is 279 Å². The molecule has 0 N–H and O–H groups in total. The molecule has 2 aliphatic rings. The molecule has 2 heterocycles. The lowest BCUT2D eigenvalue weighted by molar-refractivity contribution is -0.171. The third kappa shape index (κ3) is 8.31. The second-order valence-electron chi connectivity index (χ2n) is 12.6. The van der Waals surface area contributed by atoms with Crippen molar-refractivity contribution in [2.45, 2.75) is 81.9 Å². The highest BCUT2D eigenvalue weighted by atomic mass is 32.2. The first kappa shape index (κ1) is 36.3. The van der Waals surface area contributed by atoms with Gasteiger partial charge >= 0.3 is 24.0 Å². The number of amides is 2. The van der Waals surface area contributed by atoms with Crippen LogP contribution in [0.15, 0.2) is 59.5 Å². The Morgan fingerprint density at radius 3 is 2.04 bits per heavy atom. The van der Waals surface area contributed by atoms with Gasteiger partial charge < -0.3 is 23.8 Å². The summed E-state index contributed by atoms with van der Waals surface area (Å²) in [5.74, 6) is -5.03. The average Bonchev–Trinajstić information content (AvgIpc) is 3.65. The van der Waals surface area contributed by atoms with E-state index < -0.39 is 75.8 Å². The van der Waals surface area contributed by atoms with Crippen molar-refractivity contribution in [2.75, 3.05) is 20.8 Å². The van der Waals surface area contributed by atoms with E-state index in [1.807, 2.05) is 0 Å². The maximum atomic E-state index is 14.5. The molecule has 2 aromatic rings. The van der Waals surface area contributed by atoms with Crippen LogP contribution in [0.3, 0.4) is 0 Å². The molecule has 0 saturated carbocycles. The molecular weight excluding hydrogens is 648 g/mol. The molecule has 0 bridgehead atoms. The minimum Gasteiger partial charge on any atom is -0.469 e. The fourth-order valence-corrected chi connectivity index (χ4v) is 6.82. The SMILES string of the molecule is COC(=O)[C@H]1C[C@@H](C(=O)OC)N(C(=O)[C@@H]2C[C@@H](OS(=O)(=O)c3ccc(C)cc3)CN2C(=O)OCc2ccccc2)[C@@H]1C(=O)OC(C)(C)C. The number of carbonyl (C=O) groups is 5. The van der Waals surface area contributed by atoms with Crippen molar-refractivity contribution in [1.29, 1.82) is 0 Å². The van der Waals surface area contributed by atoms with E-state index in [4.69, 9.17) is 23.1 Å². The minimum atomic E-state index is -4.34. The molecule has 2 aliphatic heterocycles. The van der Waals surface area contributed by atoms with Gasteiger partial charge in [-0.05, 0) is 51.8 Å². The zero-order valence-corrected chi connectivity index (χ0v) is 28.4. The van der Waals surface area contributed by atoms with Crippen molar-refractivity contribution in [3.8, 4) is 0 Å². The quantitative estimate of drug-likeness (QED) is 0.215. The van der Waals surface area contributed by atoms with Crippen LogP contribution in [-0.4, -0.2) is 98.7 Å². The van der Waals surface area contributed by atoms with E-state index in [1.165, 1.54) is 12.1 Å². The van der Waals surface area contributed by atoms with E-state index in [0.717, 1.165) is 29.6 Å². The van der Waals surface area contributed by atoms with E-state index in [2.05, 4.69) is 0 Å². The molecule has 2 saturated heterocycles. The number of rotatable bonds is 9. The van der Waals surface area contributed by atoms with Gasteiger partial charge in [0.1, 0.15) is 30.3 Å². The molecular formula is C33H40N2O12S. The lowest BCUT2D eigenvalue weighted by atomic mass is 9.98. The number of benzene rings is 2. The van der Waals surface area contributed by atoms with Crippen molar-refractivity contribution in [3.63, 3.8) is 0 Å². The third-order valence-electron chi connectivity index (χ3n) is 7.93. The highest BCUT2D eigenvalue weighted by Crippen LogP contribution is 2.37. The van der Waals surface area contributed by atoms with Gasteiger partial charge in [0.15, 0.2) is 0 Å². The van der Waals surface area contributed by atoms with Crippen LogP contribution >= 0.6 is 0 Å². The fraction of sp³-hybridized carbons (Fsp3) is 0.485. The van der Waals surface area contributed by atoms with Gasteiger partial charge in [-0.15, -0.1) is 0 Å². The Balaban J connectivity index is 1.71. The van der Waals surface area contributed by atoms with E-state index in [0.29, 0.717) is 5.56 Å². The van der Waals surface area contributed by atoms with Crippen molar-refractivity contribution >= 4 is 40.0 Å². The van der Waals surface area contributed by atoms with Crippen LogP contribution < -0.4 is 0 Å². The largest absolute Gasteiger partial charge is 0.469 e. The summed E-state index contributed by atoms with van der Waals surface area (Å²) in [6.45, 7) is 6.02. The van der Waals surface area contributed by atoms with E-state index in [9.17, 15) is 32.4 Å². The van der Waals surface area contributed by atoms with Crippen LogP contribution in [0.25, 0.3) is 0 Å². The maximum Gasteiger partial charge on any atom is 0.410 e. The number of hydrogen-bond acceptors (Lipinski definition) is 12. The van der Waals surface area contributed by atoms with Crippen molar-refractivity contribution in [2.24, 2.45) is 5.92 Å². The summed E-state index contributed by atoms with van der Waals surface area (Å²) < 4.78 is 52.8. The maximum absolute atomic E-state index is 14.5. The second-order valence-corrected chi connectivity index (χ2v) is 14.1. The highest BCUT2D eigenvalue weighted by molar-refractivity contribution is 7.86. The first-order chi connectivity index (χ1) is 22.6. The normalized spacial score (nSPS) is 22.6. The zero-order chi connectivity index (χ0) is 35.4. The molecule has 2 aromatic carbocycles. The monoisotopic (exact) mass is 688 g/mol. The number of aryl methyl sites for hydroxylation is 1. The van der Waals surface area contributed by atoms with Crippen LogP contribution in [0.4, 0.5) is 4.79 Å². The van der Waals surface area contributed by atoms with Gasteiger partial charge in [0.25, 0.3) is 10.1 Å². The average molecular weight is 689 g/mol. The van der Waals surface area contributed by atoms with Crippen molar-refractivity contribution in [3.05, 3.63) is 65.7 Å². The predicted octanol–water partition coefficient (Wildman–Crippen LogP) is 2.75. The predicted molar refractivity (Wildman–Crippen MR) is 167 cm³/mol. The number of carbonyl (C=O) groups excluding carboxylic acids is 5. The lowest BCUT2D eigenvalue weighted by Gasteiger charge is -2.34. The molecule has 0 aromatic heterocycles. The Bertz CT molecular complexity index is 1620. The van der Waals surface area contributed by atoms with Gasteiger partial charge in [0.2, 0.25) is 5.91 Å². The summed E-state index contributed by atoms with van der Waals surface area (Å²) in [4.78, 5) is 69.3. The molecule has 0 aliphatic carbocycles. The Morgan fingerprint density at radius 1 is 0.833 bits per heavy atom. The number of esters is 3. The number of ether oxygens (including phenoxy) is 4. The summed E-state index contributed by atoms with van der Waals surface area (Å²) >= 11 is 0.